The van der Waals surface area contributed by atoms with E-state index < -0.39 is 0 Å². The molecule has 2 aromatic carbocycles. The van der Waals surface area contributed by atoms with Crippen molar-refractivity contribution in [3.05, 3.63) is 71.4 Å². The third-order valence-electron chi connectivity index (χ3n) is 5.34. The summed E-state index contributed by atoms with van der Waals surface area (Å²) in [5.41, 5.74) is 5.21. The maximum absolute atomic E-state index is 6.18. The van der Waals surface area contributed by atoms with Crippen molar-refractivity contribution in [1.82, 2.24) is 9.88 Å². The van der Waals surface area contributed by atoms with Crippen molar-refractivity contribution >= 4 is 10.9 Å². The second-order valence-electron chi connectivity index (χ2n) is 6.76. The Labute approximate surface area is 141 Å². The molecule has 1 aliphatic carbocycles. The van der Waals surface area contributed by atoms with Crippen LogP contribution in [-0.2, 0) is 13.0 Å². The number of fused-ring (bicyclic) bond motifs is 4. The lowest BCUT2D eigenvalue weighted by Gasteiger charge is -2.38. The summed E-state index contributed by atoms with van der Waals surface area (Å²) >= 11 is 0. The van der Waals surface area contributed by atoms with Gasteiger partial charge in [0.2, 0.25) is 0 Å². The average molecular weight is 316 g/mol. The number of nitrogens with zero attached hydrogens (tertiary/aromatic N) is 2. The fourth-order valence-electron chi connectivity index (χ4n) is 4.17. The molecule has 120 valence electrons. The molecule has 3 nitrogen and oxygen atoms in total. The quantitative estimate of drug-likeness (QED) is 0.662. The minimum absolute atomic E-state index is 0.461. The van der Waals surface area contributed by atoms with Gasteiger partial charge in [-0.05, 0) is 36.5 Å². The summed E-state index contributed by atoms with van der Waals surface area (Å²) in [5.74, 6) is 0.966. The molecule has 0 saturated heterocycles. The van der Waals surface area contributed by atoms with Crippen LogP contribution in [0.5, 0.6) is 5.75 Å². The van der Waals surface area contributed by atoms with Crippen LogP contribution in [-0.4, -0.2) is 16.6 Å². The highest BCUT2D eigenvalue weighted by molar-refractivity contribution is 5.85. The Morgan fingerprint density at radius 3 is 2.96 bits per heavy atom. The van der Waals surface area contributed by atoms with Crippen LogP contribution in [0.15, 0.2) is 54.7 Å². The Bertz CT molecular complexity index is 905. The zero-order valence-electron chi connectivity index (χ0n) is 13.6. The van der Waals surface area contributed by atoms with Crippen LogP contribution in [0.25, 0.3) is 10.9 Å². The average Bonchev–Trinajstić information content (AvgIpc) is 2.67. The first kappa shape index (κ1) is 14.0. The summed E-state index contributed by atoms with van der Waals surface area (Å²) in [6.07, 6.45) is 5.51. The number of pyridine rings is 1. The van der Waals surface area contributed by atoms with E-state index in [2.05, 4.69) is 52.3 Å². The number of ether oxygens (including phenoxy) is 1. The number of hydrogen-bond donors (Lipinski definition) is 0. The van der Waals surface area contributed by atoms with Crippen LogP contribution in [0.2, 0.25) is 0 Å². The standard InChI is InChI=1S/C21H20N2O/c1-2-8-18-15(5-1)6-3-9-19(18)23-13-17-11-10-16-7-4-12-22-20(16)21(17)24-14-23/h1-2,4-5,7-8,10-12,19H,3,6,9,13-14H2. The van der Waals surface area contributed by atoms with E-state index in [0.717, 1.165) is 23.2 Å². The highest BCUT2D eigenvalue weighted by Crippen LogP contribution is 2.39. The van der Waals surface area contributed by atoms with Gasteiger partial charge in [0.1, 0.15) is 12.2 Å². The first-order valence-electron chi connectivity index (χ1n) is 8.71. The minimum atomic E-state index is 0.461. The monoisotopic (exact) mass is 316 g/mol. The van der Waals surface area contributed by atoms with Crippen LogP contribution < -0.4 is 4.74 Å². The van der Waals surface area contributed by atoms with E-state index in [4.69, 9.17) is 4.74 Å². The molecule has 0 amide bonds. The van der Waals surface area contributed by atoms with Crippen LogP contribution in [0.1, 0.15) is 35.6 Å². The fourth-order valence-corrected chi connectivity index (χ4v) is 4.17. The summed E-state index contributed by atoms with van der Waals surface area (Å²) in [6.45, 7) is 1.57. The predicted molar refractivity (Wildman–Crippen MR) is 94.9 cm³/mol. The first-order valence-corrected chi connectivity index (χ1v) is 8.71. The molecule has 1 unspecified atom stereocenters. The Morgan fingerprint density at radius 1 is 1.00 bits per heavy atom. The number of aromatic nitrogens is 1. The summed E-state index contributed by atoms with van der Waals surface area (Å²) in [7, 11) is 0. The summed E-state index contributed by atoms with van der Waals surface area (Å²) in [4.78, 5) is 6.99. The van der Waals surface area contributed by atoms with Crippen molar-refractivity contribution in [1.29, 1.82) is 0 Å². The lowest BCUT2D eigenvalue weighted by molar-refractivity contribution is 0.0490. The van der Waals surface area contributed by atoms with Gasteiger partial charge >= 0.3 is 0 Å². The van der Waals surface area contributed by atoms with Gasteiger partial charge in [-0.15, -0.1) is 0 Å². The van der Waals surface area contributed by atoms with Gasteiger partial charge in [0.15, 0.2) is 5.75 Å². The van der Waals surface area contributed by atoms with Gasteiger partial charge in [-0.3, -0.25) is 9.88 Å². The fraction of sp³-hybridized carbons (Fsp3) is 0.286. The zero-order valence-corrected chi connectivity index (χ0v) is 13.6. The highest BCUT2D eigenvalue weighted by atomic mass is 16.5. The Hall–Kier alpha value is -2.39. The number of hydrogen-bond acceptors (Lipinski definition) is 3. The van der Waals surface area contributed by atoms with Crippen molar-refractivity contribution < 1.29 is 4.74 Å². The third-order valence-corrected chi connectivity index (χ3v) is 5.34. The van der Waals surface area contributed by atoms with E-state index in [9.17, 15) is 0 Å². The van der Waals surface area contributed by atoms with Gasteiger partial charge < -0.3 is 4.74 Å². The summed E-state index contributed by atoms with van der Waals surface area (Å²) in [5, 5.41) is 1.15. The van der Waals surface area contributed by atoms with Crippen molar-refractivity contribution in [3.63, 3.8) is 0 Å². The molecule has 0 N–H and O–H groups in total. The van der Waals surface area contributed by atoms with Crippen LogP contribution >= 0.6 is 0 Å². The molecule has 0 radical (unpaired) electrons. The molecule has 3 heteroatoms. The van der Waals surface area contributed by atoms with Crippen molar-refractivity contribution in [2.75, 3.05) is 6.73 Å². The minimum Gasteiger partial charge on any atom is -0.475 e. The molecule has 0 saturated carbocycles. The molecular weight excluding hydrogens is 296 g/mol. The van der Waals surface area contributed by atoms with Crippen LogP contribution in [0, 0.1) is 0 Å². The molecule has 5 rings (SSSR count). The van der Waals surface area contributed by atoms with Gasteiger partial charge in [-0.2, -0.15) is 0 Å². The SMILES string of the molecule is c1ccc2c(c1)CCCC2N1COc2c(ccc3cccnc23)C1. The maximum atomic E-state index is 6.18. The molecule has 2 heterocycles. The van der Waals surface area contributed by atoms with Crippen molar-refractivity contribution in [2.24, 2.45) is 0 Å². The molecule has 3 aromatic rings. The van der Waals surface area contributed by atoms with E-state index in [-0.39, 0.29) is 0 Å². The van der Waals surface area contributed by atoms with Crippen LogP contribution in [0.4, 0.5) is 0 Å². The highest BCUT2D eigenvalue weighted by Gasteiger charge is 2.29. The van der Waals surface area contributed by atoms with E-state index in [1.165, 1.54) is 36.0 Å². The smallest absolute Gasteiger partial charge is 0.152 e. The Balaban J connectivity index is 1.51. The summed E-state index contributed by atoms with van der Waals surface area (Å²) in [6, 6.07) is 17.8. The molecule has 0 spiro atoms. The normalized spacial score (nSPS) is 20.2. The van der Waals surface area contributed by atoms with E-state index in [0.29, 0.717) is 12.8 Å². The first-order chi connectivity index (χ1) is 11.9. The molecular formula is C21H20N2O. The lowest BCUT2D eigenvalue weighted by atomic mass is 9.86. The molecule has 1 aliphatic heterocycles. The van der Waals surface area contributed by atoms with E-state index in [1.54, 1.807) is 0 Å². The lowest BCUT2D eigenvalue weighted by Crippen LogP contribution is -2.37. The molecule has 0 bridgehead atoms. The van der Waals surface area contributed by atoms with Crippen molar-refractivity contribution in [3.8, 4) is 5.75 Å². The van der Waals surface area contributed by atoms with E-state index >= 15 is 0 Å². The molecule has 1 aromatic heterocycles. The van der Waals surface area contributed by atoms with Gasteiger partial charge in [0.05, 0.1) is 0 Å². The number of aryl methyl sites for hydroxylation is 1. The predicted octanol–water partition coefficient (Wildman–Crippen LogP) is 4.46. The van der Waals surface area contributed by atoms with Gasteiger partial charge in [0, 0.05) is 29.7 Å². The number of rotatable bonds is 1. The van der Waals surface area contributed by atoms with Gasteiger partial charge in [-0.1, -0.05) is 42.5 Å². The second kappa shape index (κ2) is 5.60. The molecule has 2 aliphatic rings. The van der Waals surface area contributed by atoms with Gasteiger partial charge in [0.25, 0.3) is 0 Å². The Morgan fingerprint density at radius 2 is 1.96 bits per heavy atom. The topological polar surface area (TPSA) is 25.4 Å². The third kappa shape index (κ3) is 2.20. The largest absolute Gasteiger partial charge is 0.475 e. The molecule has 24 heavy (non-hydrogen) atoms. The van der Waals surface area contributed by atoms with Gasteiger partial charge in [-0.25, -0.2) is 0 Å². The van der Waals surface area contributed by atoms with Crippen molar-refractivity contribution in [2.45, 2.75) is 31.8 Å². The van der Waals surface area contributed by atoms with E-state index in [1.807, 2.05) is 12.3 Å². The van der Waals surface area contributed by atoms with Crippen LogP contribution in [0.3, 0.4) is 0 Å². The summed E-state index contributed by atoms with van der Waals surface area (Å²) < 4.78 is 6.18. The maximum Gasteiger partial charge on any atom is 0.152 e. The second-order valence-corrected chi connectivity index (χ2v) is 6.76. The number of benzene rings is 2. The Kier molecular flexibility index (Phi) is 3.27. The molecule has 1 atom stereocenters. The molecule has 0 fully saturated rings. The zero-order chi connectivity index (χ0) is 15.9.